The van der Waals surface area contributed by atoms with Crippen LogP contribution in [-0.2, 0) is 23.1 Å². The van der Waals surface area contributed by atoms with Crippen molar-refractivity contribution in [2.45, 2.75) is 64.4 Å². The Hall–Kier alpha value is -1.15. The largest absolute Gasteiger partial charge is 0.741 e. The number of nitrogens with zero attached hydrogens (tertiary/aromatic N) is 1. The van der Waals surface area contributed by atoms with Gasteiger partial charge >= 0.3 is 5.51 Å². The zero-order valence-electron chi connectivity index (χ0n) is 13.5. The second-order valence-electron chi connectivity index (χ2n) is 5.16. The first-order valence-corrected chi connectivity index (χ1v) is 9.02. The predicted octanol–water partition coefficient (Wildman–Crippen LogP) is 3.56. The molecule has 1 aromatic heterocycles. The molecule has 0 amide bonds. The smallest absolute Gasteiger partial charge is 0.485 e. The quantitative estimate of drug-likeness (QED) is 0.325. The lowest BCUT2D eigenvalue weighted by Crippen LogP contribution is -2.33. The third-order valence-electron chi connectivity index (χ3n) is 3.01. The zero-order chi connectivity index (χ0) is 17.9. The van der Waals surface area contributed by atoms with E-state index in [4.69, 9.17) is 13.0 Å². The maximum atomic E-state index is 10.7. The van der Waals surface area contributed by atoms with Crippen molar-refractivity contribution < 1.29 is 30.7 Å². The first kappa shape index (κ1) is 21.9. The minimum Gasteiger partial charge on any atom is -0.741 e. The van der Waals surface area contributed by atoms with Crippen LogP contribution in [0.2, 0.25) is 0 Å². The molecule has 1 heterocycles. The van der Waals surface area contributed by atoms with Gasteiger partial charge in [-0.15, -0.1) is 0 Å². The van der Waals surface area contributed by atoms with E-state index in [9.17, 15) is 13.2 Å². The Balaban J connectivity index is 0.000000515. The number of pyridine rings is 1. The number of unbranched alkanes of at least 4 members (excludes halogenated alkanes) is 3. The SMILES string of the molecule is CCCCCC[n+]1cccc(CCC)c1.O=S(=O)([O-])C(F)(F)F. The summed E-state index contributed by atoms with van der Waals surface area (Å²) in [4.78, 5) is 0. The topological polar surface area (TPSA) is 61.1 Å². The molecule has 0 saturated heterocycles. The van der Waals surface area contributed by atoms with Gasteiger partial charge < -0.3 is 4.55 Å². The molecule has 134 valence electrons. The molecule has 0 N–H and O–H groups in total. The Labute approximate surface area is 136 Å². The van der Waals surface area contributed by atoms with Gasteiger partial charge in [0.15, 0.2) is 22.5 Å². The van der Waals surface area contributed by atoms with E-state index in [2.05, 4.69) is 42.9 Å². The molecule has 1 aromatic rings. The zero-order valence-corrected chi connectivity index (χ0v) is 14.3. The lowest BCUT2D eigenvalue weighted by molar-refractivity contribution is -0.697. The minimum atomic E-state index is -6.09. The molecule has 0 saturated carbocycles. The highest BCUT2D eigenvalue weighted by atomic mass is 32.2. The van der Waals surface area contributed by atoms with E-state index in [1.807, 2.05) is 0 Å². The molecule has 4 nitrogen and oxygen atoms in total. The number of aryl methyl sites for hydroxylation is 2. The van der Waals surface area contributed by atoms with Crippen molar-refractivity contribution in [3.8, 4) is 0 Å². The van der Waals surface area contributed by atoms with Crippen molar-refractivity contribution in [1.82, 2.24) is 0 Å². The van der Waals surface area contributed by atoms with E-state index in [0.717, 1.165) is 0 Å². The Morgan fingerprint density at radius 1 is 1.13 bits per heavy atom. The molecule has 0 aromatic carbocycles. The monoisotopic (exact) mass is 355 g/mol. The van der Waals surface area contributed by atoms with Crippen molar-refractivity contribution in [1.29, 1.82) is 0 Å². The molecule has 8 heteroatoms. The van der Waals surface area contributed by atoms with E-state index in [0.29, 0.717) is 0 Å². The van der Waals surface area contributed by atoms with E-state index in [1.54, 1.807) is 0 Å². The third kappa shape index (κ3) is 10.3. The number of alkyl halides is 3. The molecule has 0 fully saturated rings. The van der Waals surface area contributed by atoms with Crippen LogP contribution in [0.25, 0.3) is 0 Å². The third-order valence-corrected chi connectivity index (χ3v) is 3.58. The highest BCUT2D eigenvalue weighted by Gasteiger charge is 2.36. The Morgan fingerprint density at radius 2 is 1.74 bits per heavy atom. The van der Waals surface area contributed by atoms with Gasteiger partial charge in [-0.1, -0.05) is 33.1 Å². The number of rotatable bonds is 7. The number of aromatic nitrogens is 1. The van der Waals surface area contributed by atoms with Gasteiger partial charge in [0.1, 0.15) is 6.54 Å². The van der Waals surface area contributed by atoms with Gasteiger partial charge in [0.05, 0.1) is 0 Å². The Morgan fingerprint density at radius 3 is 2.22 bits per heavy atom. The summed E-state index contributed by atoms with van der Waals surface area (Å²) < 4.78 is 61.2. The van der Waals surface area contributed by atoms with E-state index < -0.39 is 15.6 Å². The highest BCUT2D eigenvalue weighted by molar-refractivity contribution is 7.86. The summed E-state index contributed by atoms with van der Waals surface area (Å²) in [5, 5.41) is 0. The van der Waals surface area contributed by atoms with Crippen LogP contribution in [0.1, 0.15) is 51.5 Å². The lowest BCUT2D eigenvalue weighted by atomic mass is 10.1. The average molecular weight is 355 g/mol. The predicted molar refractivity (Wildman–Crippen MR) is 80.5 cm³/mol. The maximum absolute atomic E-state index is 10.7. The summed E-state index contributed by atoms with van der Waals surface area (Å²) in [6.07, 6.45) is 12.3. The standard InChI is InChI=1S/C14H24N.CHF3O3S/c1-3-5-6-7-11-15-12-8-10-14(13-15)9-4-2;2-1(3,4)8(5,6)7/h8,10,12-13H,3-7,9,11H2,1-2H3;(H,5,6,7)/q+1;/p-1. The summed E-state index contributed by atoms with van der Waals surface area (Å²) in [6, 6.07) is 4.40. The van der Waals surface area contributed by atoms with Crippen molar-refractivity contribution in [3.63, 3.8) is 0 Å². The van der Waals surface area contributed by atoms with Crippen molar-refractivity contribution in [3.05, 3.63) is 30.1 Å². The van der Waals surface area contributed by atoms with Gasteiger partial charge in [0.25, 0.3) is 0 Å². The van der Waals surface area contributed by atoms with E-state index in [-0.39, 0.29) is 0 Å². The average Bonchev–Trinajstić information content (AvgIpc) is 2.43. The first-order valence-electron chi connectivity index (χ1n) is 7.62. The van der Waals surface area contributed by atoms with Crippen LogP contribution in [0, 0.1) is 0 Å². The number of hydrogen-bond donors (Lipinski definition) is 0. The molecule has 0 spiro atoms. The molecule has 0 aliphatic carbocycles. The van der Waals surface area contributed by atoms with Crippen LogP contribution in [0.15, 0.2) is 24.5 Å². The van der Waals surface area contributed by atoms with Gasteiger partial charge in [0.2, 0.25) is 0 Å². The molecular formula is C15H24F3NO3S. The van der Waals surface area contributed by atoms with Crippen molar-refractivity contribution >= 4 is 10.1 Å². The van der Waals surface area contributed by atoms with Crippen molar-refractivity contribution in [2.24, 2.45) is 0 Å². The summed E-state index contributed by atoms with van der Waals surface area (Å²) in [6.45, 7) is 5.67. The van der Waals surface area contributed by atoms with E-state index >= 15 is 0 Å². The molecule has 0 unspecified atom stereocenters. The molecule has 0 atom stereocenters. The second-order valence-corrected chi connectivity index (χ2v) is 6.53. The van der Waals surface area contributed by atoms with Crippen molar-refractivity contribution in [2.75, 3.05) is 0 Å². The van der Waals surface area contributed by atoms with Gasteiger partial charge in [-0.25, -0.2) is 13.0 Å². The fraction of sp³-hybridized carbons (Fsp3) is 0.667. The van der Waals surface area contributed by atoms with E-state index in [1.165, 1.54) is 50.6 Å². The van der Waals surface area contributed by atoms with Crippen LogP contribution in [0.4, 0.5) is 13.2 Å². The van der Waals surface area contributed by atoms with Gasteiger partial charge in [-0.05, 0) is 18.9 Å². The normalized spacial score (nSPS) is 11.7. The van der Waals surface area contributed by atoms with Crippen LogP contribution < -0.4 is 4.57 Å². The molecule has 0 aliphatic heterocycles. The van der Waals surface area contributed by atoms with Gasteiger partial charge in [0, 0.05) is 18.1 Å². The van der Waals surface area contributed by atoms with Gasteiger partial charge in [-0.2, -0.15) is 13.2 Å². The number of halogens is 3. The first-order chi connectivity index (χ1) is 10.6. The highest BCUT2D eigenvalue weighted by Crippen LogP contribution is 2.20. The molecule has 0 bridgehead atoms. The van der Waals surface area contributed by atoms with Crippen LogP contribution in [0.5, 0.6) is 0 Å². The fourth-order valence-electron chi connectivity index (χ4n) is 1.87. The molecular weight excluding hydrogens is 331 g/mol. The molecule has 0 aliphatic rings. The summed E-state index contributed by atoms with van der Waals surface area (Å²) in [5.74, 6) is 0. The molecule has 23 heavy (non-hydrogen) atoms. The second kappa shape index (κ2) is 10.6. The lowest BCUT2D eigenvalue weighted by Gasteiger charge is -2.08. The minimum absolute atomic E-state index is 1.18. The Bertz CT molecular complexity index is 545. The summed E-state index contributed by atoms with van der Waals surface area (Å²) in [5.41, 5.74) is -4.18. The molecule has 0 radical (unpaired) electrons. The fourth-order valence-corrected chi connectivity index (χ4v) is 1.87. The van der Waals surface area contributed by atoms with Gasteiger partial charge in [-0.3, -0.25) is 0 Å². The summed E-state index contributed by atoms with van der Waals surface area (Å²) >= 11 is 0. The Kier molecular flexibility index (Phi) is 10.1. The van der Waals surface area contributed by atoms with Crippen LogP contribution in [0.3, 0.4) is 0 Å². The number of hydrogen-bond acceptors (Lipinski definition) is 3. The van der Waals surface area contributed by atoms with Crippen LogP contribution >= 0.6 is 0 Å². The molecule has 1 rings (SSSR count). The van der Waals surface area contributed by atoms with Crippen LogP contribution in [-0.4, -0.2) is 18.5 Å². The maximum Gasteiger partial charge on any atom is 0.485 e. The summed E-state index contributed by atoms with van der Waals surface area (Å²) in [7, 11) is -6.09.